The summed E-state index contributed by atoms with van der Waals surface area (Å²) in [6, 6.07) is -0.218. The van der Waals surface area contributed by atoms with E-state index in [1.165, 1.54) is 0 Å². The van der Waals surface area contributed by atoms with Crippen LogP contribution in [0.5, 0.6) is 0 Å². The minimum absolute atomic E-state index is 0.110. The van der Waals surface area contributed by atoms with Gasteiger partial charge in [-0.2, -0.15) is 0 Å². The highest BCUT2D eigenvalue weighted by atomic mass is 16.2. The smallest absolute Gasteiger partial charge is 0.243 e. The van der Waals surface area contributed by atoms with Gasteiger partial charge in [-0.3, -0.25) is 9.69 Å². The van der Waals surface area contributed by atoms with E-state index in [4.69, 9.17) is 0 Å². The SMILES string of the molecule is C=C[C@H](C(=O)N(C)CCCN(C)C)N(C)C. The summed E-state index contributed by atoms with van der Waals surface area (Å²) in [6.45, 7) is 5.48. The predicted octanol–water partition coefficient (Wildman–Crippen LogP) is 0.513. The van der Waals surface area contributed by atoms with E-state index >= 15 is 0 Å². The molecular formula is C12H25N3O. The minimum Gasteiger partial charge on any atom is -0.344 e. The van der Waals surface area contributed by atoms with E-state index in [0.717, 1.165) is 19.5 Å². The lowest BCUT2D eigenvalue weighted by Gasteiger charge is -2.26. The summed E-state index contributed by atoms with van der Waals surface area (Å²) in [5.41, 5.74) is 0. The van der Waals surface area contributed by atoms with Crippen LogP contribution in [0.2, 0.25) is 0 Å². The van der Waals surface area contributed by atoms with Crippen LogP contribution in [0, 0.1) is 0 Å². The van der Waals surface area contributed by atoms with Crippen LogP contribution in [0.1, 0.15) is 6.42 Å². The van der Waals surface area contributed by atoms with Crippen LogP contribution in [-0.2, 0) is 4.79 Å². The summed E-state index contributed by atoms with van der Waals surface area (Å²) < 4.78 is 0. The molecule has 0 saturated heterocycles. The van der Waals surface area contributed by atoms with Crippen molar-refractivity contribution in [3.8, 4) is 0 Å². The third-order valence-corrected chi connectivity index (χ3v) is 2.51. The van der Waals surface area contributed by atoms with Crippen molar-refractivity contribution < 1.29 is 4.79 Å². The number of amides is 1. The fraction of sp³-hybridized carbons (Fsp3) is 0.750. The van der Waals surface area contributed by atoms with Gasteiger partial charge in [-0.1, -0.05) is 6.08 Å². The molecule has 0 bridgehead atoms. The van der Waals surface area contributed by atoms with Crippen molar-refractivity contribution in [2.75, 3.05) is 48.3 Å². The van der Waals surface area contributed by atoms with Gasteiger partial charge in [-0.15, -0.1) is 6.58 Å². The highest BCUT2D eigenvalue weighted by molar-refractivity contribution is 5.83. The first kappa shape index (κ1) is 15.1. The molecule has 1 atom stereocenters. The van der Waals surface area contributed by atoms with Crippen LogP contribution in [0.25, 0.3) is 0 Å². The Kier molecular flexibility index (Phi) is 7.01. The maximum atomic E-state index is 12.0. The summed E-state index contributed by atoms with van der Waals surface area (Å²) in [6.07, 6.45) is 2.68. The Hall–Kier alpha value is -0.870. The minimum atomic E-state index is -0.218. The number of carbonyl (C=O) groups excluding carboxylic acids is 1. The number of rotatable bonds is 7. The van der Waals surface area contributed by atoms with Gasteiger partial charge in [-0.05, 0) is 41.2 Å². The standard InChI is InChI=1S/C12H25N3O/c1-7-11(14(4)5)12(16)15(6)10-8-9-13(2)3/h7,11H,1,8-10H2,2-6H3/t11-/m1/s1. The summed E-state index contributed by atoms with van der Waals surface area (Å²) in [5.74, 6) is 0.110. The Labute approximate surface area is 99.5 Å². The summed E-state index contributed by atoms with van der Waals surface area (Å²) >= 11 is 0. The molecule has 0 spiro atoms. The lowest BCUT2D eigenvalue weighted by atomic mass is 10.2. The van der Waals surface area contributed by atoms with E-state index in [9.17, 15) is 4.79 Å². The zero-order valence-corrected chi connectivity index (χ0v) is 11.2. The normalized spacial score (nSPS) is 12.9. The van der Waals surface area contributed by atoms with Crippen LogP contribution in [0.15, 0.2) is 12.7 Å². The fourth-order valence-electron chi connectivity index (χ4n) is 1.49. The highest BCUT2D eigenvalue weighted by Crippen LogP contribution is 2.01. The summed E-state index contributed by atoms with van der Waals surface area (Å²) in [5, 5.41) is 0. The van der Waals surface area contributed by atoms with Crippen molar-refractivity contribution in [3.63, 3.8) is 0 Å². The van der Waals surface area contributed by atoms with Crippen molar-refractivity contribution in [3.05, 3.63) is 12.7 Å². The van der Waals surface area contributed by atoms with Gasteiger partial charge in [0.25, 0.3) is 0 Å². The highest BCUT2D eigenvalue weighted by Gasteiger charge is 2.20. The zero-order chi connectivity index (χ0) is 12.7. The molecule has 4 heteroatoms. The molecule has 0 N–H and O–H groups in total. The van der Waals surface area contributed by atoms with E-state index in [1.54, 1.807) is 11.0 Å². The number of hydrogen-bond acceptors (Lipinski definition) is 3. The lowest BCUT2D eigenvalue weighted by molar-refractivity contribution is -0.133. The third kappa shape index (κ3) is 5.28. The molecule has 0 aromatic rings. The number of carbonyl (C=O) groups is 1. The maximum absolute atomic E-state index is 12.0. The average molecular weight is 227 g/mol. The Bertz CT molecular complexity index is 226. The summed E-state index contributed by atoms with van der Waals surface area (Å²) in [7, 11) is 9.69. The van der Waals surface area contributed by atoms with Gasteiger partial charge >= 0.3 is 0 Å². The molecule has 0 heterocycles. The third-order valence-electron chi connectivity index (χ3n) is 2.51. The molecule has 0 radical (unpaired) electrons. The topological polar surface area (TPSA) is 26.8 Å². The van der Waals surface area contributed by atoms with Crippen LogP contribution in [0.4, 0.5) is 0 Å². The molecule has 0 fully saturated rings. The maximum Gasteiger partial charge on any atom is 0.243 e. The molecule has 0 aliphatic heterocycles. The van der Waals surface area contributed by atoms with Gasteiger partial charge in [-0.25, -0.2) is 0 Å². The Balaban J connectivity index is 4.11. The Morgan fingerprint density at radius 1 is 1.19 bits per heavy atom. The van der Waals surface area contributed by atoms with Gasteiger partial charge in [0, 0.05) is 13.6 Å². The van der Waals surface area contributed by atoms with E-state index in [0.29, 0.717) is 0 Å². The lowest BCUT2D eigenvalue weighted by Crippen LogP contribution is -2.43. The Morgan fingerprint density at radius 2 is 1.75 bits per heavy atom. The van der Waals surface area contributed by atoms with Crippen molar-refractivity contribution in [1.82, 2.24) is 14.7 Å². The Morgan fingerprint density at radius 3 is 2.12 bits per heavy atom. The molecular weight excluding hydrogens is 202 g/mol. The first-order valence-electron chi connectivity index (χ1n) is 5.58. The van der Waals surface area contributed by atoms with Crippen molar-refractivity contribution in [2.24, 2.45) is 0 Å². The van der Waals surface area contributed by atoms with E-state index in [-0.39, 0.29) is 11.9 Å². The molecule has 0 rings (SSSR count). The van der Waals surface area contributed by atoms with Gasteiger partial charge in [0.15, 0.2) is 0 Å². The second kappa shape index (κ2) is 7.41. The molecule has 0 aromatic heterocycles. The molecule has 0 aliphatic carbocycles. The van der Waals surface area contributed by atoms with Crippen molar-refractivity contribution in [1.29, 1.82) is 0 Å². The van der Waals surface area contributed by atoms with Crippen LogP contribution in [0.3, 0.4) is 0 Å². The van der Waals surface area contributed by atoms with Gasteiger partial charge in [0.2, 0.25) is 5.91 Å². The number of hydrogen-bond donors (Lipinski definition) is 0. The monoisotopic (exact) mass is 227 g/mol. The van der Waals surface area contributed by atoms with Gasteiger partial charge < -0.3 is 9.80 Å². The molecule has 0 aromatic carbocycles. The second-order valence-corrected chi connectivity index (χ2v) is 4.56. The fourth-order valence-corrected chi connectivity index (χ4v) is 1.49. The molecule has 0 aliphatic rings. The second-order valence-electron chi connectivity index (χ2n) is 4.56. The molecule has 4 nitrogen and oxygen atoms in total. The zero-order valence-electron chi connectivity index (χ0n) is 11.2. The largest absolute Gasteiger partial charge is 0.344 e. The molecule has 0 saturated carbocycles. The predicted molar refractivity (Wildman–Crippen MR) is 68.5 cm³/mol. The van der Waals surface area contributed by atoms with E-state index < -0.39 is 0 Å². The average Bonchev–Trinajstić information content (AvgIpc) is 2.17. The van der Waals surface area contributed by atoms with Crippen molar-refractivity contribution >= 4 is 5.91 Å². The van der Waals surface area contributed by atoms with Gasteiger partial charge in [0.05, 0.1) is 0 Å². The summed E-state index contributed by atoms with van der Waals surface area (Å²) in [4.78, 5) is 17.8. The number of nitrogens with zero attached hydrogens (tertiary/aromatic N) is 3. The molecule has 0 unspecified atom stereocenters. The van der Waals surface area contributed by atoms with Crippen LogP contribution >= 0.6 is 0 Å². The number of likely N-dealkylation sites (N-methyl/N-ethyl adjacent to an activating group) is 2. The van der Waals surface area contributed by atoms with Crippen molar-refractivity contribution in [2.45, 2.75) is 12.5 Å². The van der Waals surface area contributed by atoms with Gasteiger partial charge in [0.1, 0.15) is 6.04 Å². The van der Waals surface area contributed by atoms with Crippen LogP contribution < -0.4 is 0 Å². The molecule has 16 heavy (non-hydrogen) atoms. The first-order chi connectivity index (χ1) is 7.40. The first-order valence-corrected chi connectivity index (χ1v) is 5.58. The quantitative estimate of drug-likeness (QED) is 0.593. The van der Waals surface area contributed by atoms with E-state index in [2.05, 4.69) is 11.5 Å². The molecule has 1 amide bonds. The van der Waals surface area contributed by atoms with Crippen LogP contribution in [-0.4, -0.2) is 75.0 Å². The molecule has 94 valence electrons. The van der Waals surface area contributed by atoms with E-state index in [1.807, 2.05) is 40.1 Å².